The van der Waals surface area contributed by atoms with E-state index in [-0.39, 0.29) is 0 Å². The van der Waals surface area contributed by atoms with Crippen LogP contribution in [-0.4, -0.2) is 4.57 Å². The zero-order valence-electron chi connectivity index (χ0n) is 9.32. The van der Waals surface area contributed by atoms with Gasteiger partial charge in [-0.25, -0.2) is 9.59 Å². The molecule has 4 nitrogen and oxygen atoms in total. The van der Waals surface area contributed by atoms with Crippen LogP contribution in [-0.2, 0) is 13.5 Å². The van der Waals surface area contributed by atoms with E-state index in [4.69, 9.17) is 0 Å². The topological polar surface area (TPSA) is 52.2 Å². The van der Waals surface area contributed by atoms with Crippen molar-refractivity contribution < 1.29 is 4.42 Å². The molecule has 2 aromatic rings. The minimum Gasteiger partial charge on any atom is -0.372 e. The summed E-state index contributed by atoms with van der Waals surface area (Å²) in [6, 6.07) is 5.51. The molecule has 0 saturated heterocycles. The second kappa shape index (κ2) is 3.96. The first-order chi connectivity index (χ1) is 7.65. The maximum atomic E-state index is 11.7. The Morgan fingerprint density at radius 1 is 1.31 bits per heavy atom. The van der Waals surface area contributed by atoms with Gasteiger partial charge in [0.25, 0.3) is 0 Å². The molecule has 0 N–H and O–H groups in total. The molecule has 0 saturated carbocycles. The molecule has 0 fully saturated rings. The molecule has 0 radical (unpaired) electrons. The lowest BCUT2D eigenvalue weighted by Crippen LogP contribution is -2.23. The van der Waals surface area contributed by atoms with Crippen molar-refractivity contribution in [2.45, 2.75) is 19.8 Å². The summed E-state index contributed by atoms with van der Waals surface area (Å²) in [4.78, 5) is 23.0. The van der Waals surface area contributed by atoms with E-state index in [9.17, 15) is 9.59 Å². The van der Waals surface area contributed by atoms with Gasteiger partial charge in [0.2, 0.25) is 0 Å². The van der Waals surface area contributed by atoms with E-state index in [0.29, 0.717) is 10.9 Å². The third kappa shape index (κ3) is 1.56. The molecule has 0 bridgehead atoms. The summed E-state index contributed by atoms with van der Waals surface area (Å²) in [5, 5.41) is 0.520. The molecule has 2 rings (SSSR count). The van der Waals surface area contributed by atoms with Gasteiger partial charge in [-0.1, -0.05) is 25.5 Å². The molecule has 0 aliphatic carbocycles. The molecule has 0 unspecified atom stereocenters. The molecular weight excluding hydrogens is 206 g/mol. The lowest BCUT2D eigenvalue weighted by Gasteiger charge is -2.06. The lowest BCUT2D eigenvalue weighted by molar-refractivity contribution is 0.432. The molecule has 4 heteroatoms. The Kier molecular flexibility index (Phi) is 2.64. The molecule has 1 heterocycles. The van der Waals surface area contributed by atoms with E-state index in [1.54, 1.807) is 13.1 Å². The average Bonchev–Trinajstić information content (AvgIpc) is 2.26. The van der Waals surface area contributed by atoms with Gasteiger partial charge in [0.1, 0.15) is 0 Å². The average molecular weight is 219 g/mol. The van der Waals surface area contributed by atoms with Crippen molar-refractivity contribution in [3.05, 3.63) is 44.7 Å². The van der Waals surface area contributed by atoms with E-state index >= 15 is 0 Å². The Bertz CT molecular complexity index is 637. The monoisotopic (exact) mass is 219 g/mol. The van der Waals surface area contributed by atoms with Crippen LogP contribution in [0.2, 0.25) is 0 Å². The molecule has 0 aliphatic rings. The highest BCUT2D eigenvalue weighted by Gasteiger charge is 2.09. The van der Waals surface area contributed by atoms with Gasteiger partial charge in [0.05, 0.1) is 10.9 Å². The highest BCUT2D eigenvalue weighted by Crippen LogP contribution is 2.14. The van der Waals surface area contributed by atoms with Gasteiger partial charge >= 0.3 is 11.4 Å². The van der Waals surface area contributed by atoms with Crippen molar-refractivity contribution in [2.24, 2.45) is 7.05 Å². The zero-order valence-corrected chi connectivity index (χ0v) is 9.32. The summed E-state index contributed by atoms with van der Waals surface area (Å²) < 4.78 is 6.02. The van der Waals surface area contributed by atoms with E-state index in [1.165, 1.54) is 4.57 Å². The molecule has 0 spiro atoms. The highest BCUT2D eigenvalue weighted by molar-refractivity contribution is 5.81. The van der Waals surface area contributed by atoms with Crippen LogP contribution in [0.25, 0.3) is 10.9 Å². The minimum atomic E-state index is -0.619. The molecule has 1 aromatic heterocycles. The molecule has 16 heavy (non-hydrogen) atoms. The third-order valence-corrected chi connectivity index (χ3v) is 2.67. The van der Waals surface area contributed by atoms with Crippen LogP contribution in [0.5, 0.6) is 0 Å². The summed E-state index contributed by atoms with van der Waals surface area (Å²) >= 11 is 0. The molecular formula is C12H13NO3. The van der Waals surface area contributed by atoms with Crippen LogP contribution in [0.1, 0.15) is 18.9 Å². The zero-order chi connectivity index (χ0) is 11.7. The summed E-state index contributed by atoms with van der Waals surface area (Å²) in [6.45, 7) is 2.04. The van der Waals surface area contributed by atoms with Gasteiger partial charge in [-0.2, -0.15) is 0 Å². The van der Waals surface area contributed by atoms with Gasteiger partial charge in [-0.3, -0.25) is 4.57 Å². The van der Waals surface area contributed by atoms with E-state index in [0.717, 1.165) is 18.4 Å². The predicted molar refractivity (Wildman–Crippen MR) is 61.7 cm³/mol. The Morgan fingerprint density at radius 3 is 2.75 bits per heavy atom. The standard InChI is InChI=1S/C12H13NO3/c1-3-5-8-6-4-7-9-10(8)11(14)16-12(15)13(9)2/h4,6-7H,3,5H2,1-2H3. The normalized spacial score (nSPS) is 10.9. The number of benzene rings is 1. The summed E-state index contributed by atoms with van der Waals surface area (Å²) in [7, 11) is 1.60. The van der Waals surface area contributed by atoms with Crippen LogP contribution in [0, 0.1) is 0 Å². The predicted octanol–water partition coefficient (Wildman–Crippen LogP) is 1.44. The number of rotatable bonds is 2. The number of fused-ring (bicyclic) bond motifs is 1. The summed E-state index contributed by atoms with van der Waals surface area (Å²) in [6.07, 6.45) is 1.75. The lowest BCUT2D eigenvalue weighted by atomic mass is 10.1. The Balaban J connectivity index is 2.93. The number of nitrogens with zero attached hydrogens (tertiary/aromatic N) is 1. The number of aryl methyl sites for hydroxylation is 2. The first kappa shape index (κ1) is 10.7. The van der Waals surface area contributed by atoms with Gasteiger partial charge in [0.15, 0.2) is 0 Å². The number of hydrogen-bond donors (Lipinski definition) is 0. The van der Waals surface area contributed by atoms with Crippen molar-refractivity contribution in [2.75, 3.05) is 0 Å². The largest absolute Gasteiger partial charge is 0.422 e. The molecule has 1 aromatic carbocycles. The quantitative estimate of drug-likeness (QED) is 0.768. The number of hydrogen-bond acceptors (Lipinski definition) is 3. The van der Waals surface area contributed by atoms with Crippen molar-refractivity contribution in [3.8, 4) is 0 Å². The van der Waals surface area contributed by atoms with Crippen molar-refractivity contribution >= 4 is 10.9 Å². The van der Waals surface area contributed by atoms with E-state index in [2.05, 4.69) is 4.42 Å². The minimum absolute atomic E-state index is 0.520. The van der Waals surface area contributed by atoms with Gasteiger partial charge in [-0.15, -0.1) is 0 Å². The Morgan fingerprint density at radius 2 is 2.06 bits per heavy atom. The van der Waals surface area contributed by atoms with Crippen LogP contribution in [0.4, 0.5) is 0 Å². The smallest absolute Gasteiger partial charge is 0.372 e. The fourth-order valence-electron chi connectivity index (χ4n) is 1.88. The summed E-state index contributed by atoms with van der Waals surface area (Å²) in [5.41, 5.74) is 1.03. The first-order valence-corrected chi connectivity index (χ1v) is 5.27. The summed E-state index contributed by atoms with van der Waals surface area (Å²) in [5.74, 6) is -0.619. The molecule has 0 aliphatic heterocycles. The second-order valence-electron chi connectivity index (χ2n) is 3.78. The van der Waals surface area contributed by atoms with E-state index in [1.807, 2.05) is 19.1 Å². The van der Waals surface area contributed by atoms with Gasteiger partial charge in [-0.05, 0) is 18.1 Å². The fourth-order valence-corrected chi connectivity index (χ4v) is 1.88. The molecule has 0 amide bonds. The van der Waals surface area contributed by atoms with Crippen molar-refractivity contribution in [1.29, 1.82) is 0 Å². The SMILES string of the molecule is CCCc1cccc2c1c(=O)oc(=O)n2C. The molecule has 84 valence electrons. The van der Waals surface area contributed by atoms with Crippen molar-refractivity contribution in [3.63, 3.8) is 0 Å². The van der Waals surface area contributed by atoms with Gasteiger partial charge in [0, 0.05) is 7.05 Å². The van der Waals surface area contributed by atoms with Gasteiger partial charge < -0.3 is 4.42 Å². The Hall–Kier alpha value is -1.84. The fraction of sp³-hybridized carbons (Fsp3) is 0.333. The van der Waals surface area contributed by atoms with Crippen LogP contribution in [0.15, 0.2) is 32.2 Å². The van der Waals surface area contributed by atoms with Crippen LogP contribution < -0.4 is 11.4 Å². The number of aromatic nitrogens is 1. The first-order valence-electron chi connectivity index (χ1n) is 5.27. The Labute approximate surface area is 92.1 Å². The maximum Gasteiger partial charge on any atom is 0.422 e. The van der Waals surface area contributed by atoms with Crippen molar-refractivity contribution in [1.82, 2.24) is 4.57 Å². The third-order valence-electron chi connectivity index (χ3n) is 2.67. The van der Waals surface area contributed by atoms with Crippen LogP contribution >= 0.6 is 0 Å². The highest BCUT2D eigenvalue weighted by atomic mass is 16.4. The van der Waals surface area contributed by atoms with E-state index < -0.39 is 11.4 Å². The second-order valence-corrected chi connectivity index (χ2v) is 3.78. The van der Waals surface area contributed by atoms with Crippen LogP contribution in [0.3, 0.4) is 0 Å². The molecule has 0 atom stereocenters. The maximum absolute atomic E-state index is 11.7.